The molecule has 1 atom stereocenters. The van der Waals surface area contributed by atoms with Gasteiger partial charge in [0.1, 0.15) is 0 Å². The Bertz CT molecular complexity index is 583. The number of benzene rings is 1. The van der Waals surface area contributed by atoms with Gasteiger partial charge in [0, 0.05) is 10.9 Å². The zero-order chi connectivity index (χ0) is 15.4. The lowest BCUT2D eigenvalue weighted by atomic mass is 9.95. The Morgan fingerprint density at radius 3 is 2.33 bits per heavy atom. The standard InChI is InChI=1S/C18H24ClNS/c1-5-9-20-16(18-17(19)14(4)11-21-18)10-15-12(2)7-6-8-13(15)3/h6-8,11,16,20H,5,9-10H2,1-4H3. The minimum Gasteiger partial charge on any atom is -0.309 e. The van der Waals surface area contributed by atoms with Gasteiger partial charge in [0.15, 0.2) is 0 Å². The highest BCUT2D eigenvalue weighted by molar-refractivity contribution is 7.10. The van der Waals surface area contributed by atoms with Crippen molar-refractivity contribution in [2.45, 2.75) is 46.6 Å². The summed E-state index contributed by atoms with van der Waals surface area (Å²) in [6, 6.07) is 6.82. The highest BCUT2D eigenvalue weighted by Gasteiger charge is 2.19. The molecule has 0 bridgehead atoms. The molecular formula is C18H24ClNS. The monoisotopic (exact) mass is 321 g/mol. The summed E-state index contributed by atoms with van der Waals surface area (Å²) in [6.07, 6.45) is 2.13. The molecule has 21 heavy (non-hydrogen) atoms. The minimum absolute atomic E-state index is 0.302. The van der Waals surface area contributed by atoms with Crippen LogP contribution in [0.25, 0.3) is 0 Å². The molecule has 2 aromatic rings. The van der Waals surface area contributed by atoms with Crippen molar-refractivity contribution >= 4 is 22.9 Å². The first-order valence-corrected chi connectivity index (χ1v) is 8.82. The summed E-state index contributed by atoms with van der Waals surface area (Å²) in [5, 5.41) is 6.75. The zero-order valence-electron chi connectivity index (χ0n) is 13.3. The second-order valence-corrected chi connectivity index (χ2v) is 6.97. The van der Waals surface area contributed by atoms with Gasteiger partial charge in [-0.15, -0.1) is 11.3 Å². The molecule has 0 fully saturated rings. The lowest BCUT2D eigenvalue weighted by Gasteiger charge is -2.20. The van der Waals surface area contributed by atoms with Crippen LogP contribution in [0.4, 0.5) is 0 Å². The Morgan fingerprint density at radius 1 is 1.14 bits per heavy atom. The molecule has 0 radical (unpaired) electrons. The second-order valence-electron chi connectivity index (χ2n) is 5.68. The molecule has 0 spiro atoms. The van der Waals surface area contributed by atoms with Gasteiger partial charge < -0.3 is 5.32 Å². The lowest BCUT2D eigenvalue weighted by molar-refractivity contribution is 0.535. The maximum Gasteiger partial charge on any atom is 0.0590 e. The van der Waals surface area contributed by atoms with E-state index in [4.69, 9.17) is 11.6 Å². The fraction of sp³-hybridized carbons (Fsp3) is 0.444. The topological polar surface area (TPSA) is 12.0 Å². The Kier molecular flexibility index (Phi) is 5.86. The number of hydrogen-bond donors (Lipinski definition) is 1. The van der Waals surface area contributed by atoms with Crippen LogP contribution in [-0.4, -0.2) is 6.54 Å². The Morgan fingerprint density at radius 2 is 1.81 bits per heavy atom. The summed E-state index contributed by atoms with van der Waals surface area (Å²) in [7, 11) is 0. The summed E-state index contributed by atoms with van der Waals surface area (Å²) in [5.74, 6) is 0. The minimum atomic E-state index is 0.302. The SMILES string of the molecule is CCCNC(Cc1c(C)cccc1C)c1scc(C)c1Cl. The summed E-state index contributed by atoms with van der Waals surface area (Å²) in [5.41, 5.74) is 5.35. The van der Waals surface area contributed by atoms with Gasteiger partial charge in [-0.25, -0.2) is 0 Å². The molecule has 1 aromatic carbocycles. The molecule has 1 unspecified atom stereocenters. The van der Waals surface area contributed by atoms with Crippen LogP contribution >= 0.6 is 22.9 Å². The van der Waals surface area contributed by atoms with E-state index in [1.54, 1.807) is 11.3 Å². The summed E-state index contributed by atoms with van der Waals surface area (Å²) in [6.45, 7) is 9.69. The van der Waals surface area contributed by atoms with Crippen molar-refractivity contribution in [3.8, 4) is 0 Å². The first-order valence-electron chi connectivity index (χ1n) is 7.56. The molecule has 114 valence electrons. The molecule has 0 aliphatic rings. The normalized spacial score (nSPS) is 12.6. The van der Waals surface area contributed by atoms with Crippen LogP contribution in [0.15, 0.2) is 23.6 Å². The van der Waals surface area contributed by atoms with E-state index in [9.17, 15) is 0 Å². The smallest absolute Gasteiger partial charge is 0.0590 e. The summed E-state index contributed by atoms with van der Waals surface area (Å²) < 4.78 is 0. The molecule has 1 nitrogen and oxygen atoms in total. The predicted molar refractivity (Wildman–Crippen MR) is 94.7 cm³/mol. The second kappa shape index (κ2) is 7.44. The third-order valence-corrected chi connectivity index (χ3v) is 5.76. The van der Waals surface area contributed by atoms with Crippen LogP contribution in [0.3, 0.4) is 0 Å². The van der Waals surface area contributed by atoms with E-state index in [1.807, 2.05) is 0 Å². The fourth-order valence-corrected chi connectivity index (χ4v) is 4.04. The van der Waals surface area contributed by atoms with Crippen LogP contribution in [-0.2, 0) is 6.42 Å². The van der Waals surface area contributed by atoms with E-state index in [0.717, 1.165) is 24.4 Å². The van der Waals surface area contributed by atoms with Gasteiger partial charge in [0.05, 0.1) is 5.02 Å². The summed E-state index contributed by atoms with van der Waals surface area (Å²) in [4.78, 5) is 1.27. The van der Waals surface area contributed by atoms with E-state index in [-0.39, 0.29) is 0 Å². The van der Waals surface area contributed by atoms with Crippen molar-refractivity contribution in [1.29, 1.82) is 0 Å². The first kappa shape index (κ1) is 16.5. The van der Waals surface area contributed by atoms with Gasteiger partial charge in [-0.3, -0.25) is 0 Å². The molecule has 0 amide bonds. The maximum atomic E-state index is 6.50. The number of aryl methyl sites for hydroxylation is 3. The van der Waals surface area contributed by atoms with Gasteiger partial charge in [-0.2, -0.15) is 0 Å². The Labute approximate surface area is 137 Å². The highest BCUT2D eigenvalue weighted by Crippen LogP contribution is 2.35. The molecule has 1 heterocycles. The number of rotatable bonds is 6. The van der Waals surface area contributed by atoms with E-state index in [2.05, 4.69) is 56.6 Å². The maximum absolute atomic E-state index is 6.50. The lowest BCUT2D eigenvalue weighted by Crippen LogP contribution is -2.24. The van der Waals surface area contributed by atoms with Gasteiger partial charge in [-0.1, -0.05) is 36.7 Å². The van der Waals surface area contributed by atoms with Crippen molar-refractivity contribution in [3.05, 3.63) is 55.7 Å². The van der Waals surface area contributed by atoms with Crippen LogP contribution in [0.2, 0.25) is 5.02 Å². The molecule has 2 rings (SSSR count). The molecule has 1 N–H and O–H groups in total. The molecule has 0 saturated carbocycles. The molecule has 0 aliphatic carbocycles. The fourth-order valence-electron chi connectivity index (χ4n) is 2.64. The number of nitrogens with one attached hydrogen (secondary N) is 1. The van der Waals surface area contributed by atoms with E-state index < -0.39 is 0 Å². The van der Waals surface area contributed by atoms with Crippen molar-refractivity contribution in [3.63, 3.8) is 0 Å². The third kappa shape index (κ3) is 3.88. The van der Waals surface area contributed by atoms with Gasteiger partial charge in [0.25, 0.3) is 0 Å². The van der Waals surface area contributed by atoms with Crippen LogP contribution in [0.1, 0.15) is 46.5 Å². The number of thiophene rings is 1. The zero-order valence-corrected chi connectivity index (χ0v) is 14.9. The third-order valence-electron chi connectivity index (χ3n) is 3.94. The average Bonchev–Trinajstić information content (AvgIpc) is 2.78. The molecular weight excluding hydrogens is 298 g/mol. The van der Waals surface area contributed by atoms with Crippen LogP contribution in [0, 0.1) is 20.8 Å². The van der Waals surface area contributed by atoms with E-state index in [0.29, 0.717) is 6.04 Å². The first-order chi connectivity index (χ1) is 10.0. The van der Waals surface area contributed by atoms with Crippen molar-refractivity contribution in [1.82, 2.24) is 5.32 Å². The van der Waals surface area contributed by atoms with Gasteiger partial charge >= 0.3 is 0 Å². The van der Waals surface area contributed by atoms with Crippen molar-refractivity contribution in [2.75, 3.05) is 6.54 Å². The van der Waals surface area contributed by atoms with Gasteiger partial charge in [0.2, 0.25) is 0 Å². The van der Waals surface area contributed by atoms with Crippen LogP contribution < -0.4 is 5.32 Å². The van der Waals surface area contributed by atoms with Gasteiger partial charge in [-0.05, 0) is 67.8 Å². The molecule has 0 aliphatic heterocycles. The molecule has 1 aromatic heterocycles. The molecule has 3 heteroatoms. The Hall–Kier alpha value is -0.830. The number of hydrogen-bond acceptors (Lipinski definition) is 2. The number of halogens is 1. The molecule has 0 saturated heterocycles. The largest absolute Gasteiger partial charge is 0.309 e. The Balaban J connectivity index is 2.31. The highest BCUT2D eigenvalue weighted by atomic mass is 35.5. The van der Waals surface area contributed by atoms with Crippen LogP contribution in [0.5, 0.6) is 0 Å². The quantitative estimate of drug-likeness (QED) is 0.729. The van der Waals surface area contributed by atoms with Crippen molar-refractivity contribution in [2.24, 2.45) is 0 Å². The summed E-state index contributed by atoms with van der Waals surface area (Å²) >= 11 is 8.27. The predicted octanol–water partition coefficient (Wildman–Crippen LogP) is 5.61. The van der Waals surface area contributed by atoms with E-state index >= 15 is 0 Å². The van der Waals surface area contributed by atoms with E-state index in [1.165, 1.54) is 27.1 Å². The van der Waals surface area contributed by atoms with Crippen molar-refractivity contribution < 1.29 is 0 Å². The average molecular weight is 322 g/mol.